The van der Waals surface area contributed by atoms with Crippen LogP contribution in [-0.2, 0) is 5.41 Å². The van der Waals surface area contributed by atoms with Gasteiger partial charge in [-0.1, -0.05) is 26.8 Å². The van der Waals surface area contributed by atoms with Gasteiger partial charge >= 0.3 is 0 Å². The van der Waals surface area contributed by atoms with Gasteiger partial charge < -0.3 is 0 Å². The van der Waals surface area contributed by atoms with Crippen LogP contribution in [0.5, 0.6) is 0 Å². The van der Waals surface area contributed by atoms with Crippen LogP contribution < -0.4 is 5.32 Å². The molecule has 3 heterocycles. The number of pyridine rings is 1. The Morgan fingerprint density at radius 2 is 1.96 bits per heavy atom. The molecular formula is C17H18N4OS2. The third-order valence-electron chi connectivity index (χ3n) is 3.30. The van der Waals surface area contributed by atoms with Gasteiger partial charge in [0.2, 0.25) is 0 Å². The van der Waals surface area contributed by atoms with Crippen molar-refractivity contribution in [3.8, 4) is 11.4 Å². The van der Waals surface area contributed by atoms with Crippen LogP contribution in [0.1, 0.15) is 41.1 Å². The molecule has 1 amide bonds. The summed E-state index contributed by atoms with van der Waals surface area (Å²) in [6.07, 6.45) is 1.72. The molecule has 0 unspecified atom stereocenters. The van der Waals surface area contributed by atoms with Crippen molar-refractivity contribution >= 4 is 33.7 Å². The number of carbonyl (C=O) groups is 1. The molecule has 0 aliphatic heterocycles. The van der Waals surface area contributed by atoms with Crippen LogP contribution in [0, 0.1) is 6.92 Å². The van der Waals surface area contributed by atoms with Crippen molar-refractivity contribution in [1.29, 1.82) is 0 Å². The molecular weight excluding hydrogens is 340 g/mol. The minimum absolute atomic E-state index is 0.0682. The van der Waals surface area contributed by atoms with Crippen molar-refractivity contribution in [2.24, 2.45) is 0 Å². The molecule has 0 radical (unpaired) electrons. The summed E-state index contributed by atoms with van der Waals surface area (Å²) in [6.45, 7) is 8.13. The second-order valence-corrected chi connectivity index (χ2v) is 8.25. The Labute approximate surface area is 148 Å². The fourth-order valence-corrected chi connectivity index (χ4v) is 3.76. The van der Waals surface area contributed by atoms with Crippen LogP contribution in [0.2, 0.25) is 0 Å². The summed E-state index contributed by atoms with van der Waals surface area (Å²) in [5, 5.41) is 6.27. The Bertz CT molecular complexity index is 862. The zero-order valence-corrected chi connectivity index (χ0v) is 15.6. The van der Waals surface area contributed by atoms with Gasteiger partial charge in [0.25, 0.3) is 5.91 Å². The largest absolute Gasteiger partial charge is 0.297 e. The highest BCUT2D eigenvalue weighted by Crippen LogP contribution is 2.30. The topological polar surface area (TPSA) is 67.8 Å². The smallest absolute Gasteiger partial charge is 0.269 e. The average Bonchev–Trinajstić information content (AvgIpc) is 3.14. The highest BCUT2D eigenvalue weighted by Gasteiger charge is 2.23. The van der Waals surface area contributed by atoms with Crippen molar-refractivity contribution in [2.45, 2.75) is 33.1 Å². The Morgan fingerprint density at radius 1 is 1.17 bits per heavy atom. The second kappa shape index (κ2) is 6.41. The van der Waals surface area contributed by atoms with Gasteiger partial charge in [-0.25, -0.2) is 9.97 Å². The molecule has 3 rings (SSSR count). The Morgan fingerprint density at radius 3 is 2.58 bits per heavy atom. The van der Waals surface area contributed by atoms with Crippen molar-refractivity contribution in [2.75, 3.05) is 5.32 Å². The van der Waals surface area contributed by atoms with E-state index in [4.69, 9.17) is 0 Å². The van der Waals surface area contributed by atoms with E-state index in [0.29, 0.717) is 10.0 Å². The number of hydrogen-bond donors (Lipinski definition) is 1. The molecule has 3 aromatic rings. The molecule has 3 aromatic heterocycles. The normalized spacial score (nSPS) is 11.5. The number of aromatic nitrogens is 3. The van der Waals surface area contributed by atoms with Crippen LogP contribution in [0.15, 0.2) is 29.8 Å². The van der Waals surface area contributed by atoms with Crippen LogP contribution in [0.4, 0.5) is 5.13 Å². The van der Waals surface area contributed by atoms with Gasteiger partial charge in [0.15, 0.2) is 5.13 Å². The summed E-state index contributed by atoms with van der Waals surface area (Å²) in [5.74, 6) is -0.164. The molecule has 5 nitrogen and oxygen atoms in total. The molecule has 0 aliphatic carbocycles. The molecule has 0 aliphatic rings. The molecule has 124 valence electrons. The van der Waals surface area contributed by atoms with E-state index in [-0.39, 0.29) is 11.3 Å². The summed E-state index contributed by atoms with van der Waals surface area (Å²) in [6, 6.07) is 5.66. The van der Waals surface area contributed by atoms with Crippen molar-refractivity contribution < 1.29 is 4.79 Å². The van der Waals surface area contributed by atoms with E-state index in [1.165, 1.54) is 22.7 Å². The number of nitrogens with zero attached hydrogens (tertiary/aromatic N) is 3. The molecule has 1 N–H and O–H groups in total. The SMILES string of the molecule is Cc1nc(C(C)(C)C)sc1C(=O)Nc1nc(-c2ccccn2)cs1. The predicted octanol–water partition coefficient (Wildman–Crippen LogP) is 4.52. The third-order valence-corrected chi connectivity index (χ3v) is 5.64. The van der Waals surface area contributed by atoms with Gasteiger partial charge in [-0.2, -0.15) is 0 Å². The standard InChI is InChI=1S/C17H18N4OS2/c1-10-13(24-15(19-10)17(2,3)4)14(22)21-16-20-12(9-23-16)11-7-5-6-8-18-11/h5-9H,1-4H3,(H,20,21,22). The van der Waals surface area contributed by atoms with Crippen LogP contribution in [-0.4, -0.2) is 20.9 Å². The number of rotatable bonds is 3. The molecule has 7 heteroatoms. The van der Waals surface area contributed by atoms with E-state index in [2.05, 4.69) is 41.0 Å². The zero-order chi connectivity index (χ0) is 17.3. The maximum atomic E-state index is 12.5. The van der Waals surface area contributed by atoms with Crippen molar-refractivity contribution in [3.05, 3.63) is 45.4 Å². The van der Waals surface area contributed by atoms with E-state index in [0.717, 1.165) is 22.1 Å². The van der Waals surface area contributed by atoms with Crippen LogP contribution in [0.25, 0.3) is 11.4 Å². The van der Waals surface area contributed by atoms with Crippen LogP contribution >= 0.6 is 22.7 Å². The minimum atomic E-state index is -0.164. The molecule has 0 aromatic carbocycles. The first-order valence-corrected chi connectivity index (χ1v) is 9.20. The van der Waals surface area contributed by atoms with Gasteiger partial charge in [0.1, 0.15) is 10.6 Å². The van der Waals surface area contributed by atoms with Gasteiger partial charge in [-0.15, -0.1) is 22.7 Å². The third kappa shape index (κ3) is 3.52. The molecule has 0 bridgehead atoms. The van der Waals surface area contributed by atoms with E-state index < -0.39 is 0 Å². The summed E-state index contributed by atoms with van der Waals surface area (Å²) < 4.78 is 0. The van der Waals surface area contributed by atoms with Gasteiger partial charge in [0.05, 0.1) is 16.4 Å². The Balaban J connectivity index is 1.79. The van der Waals surface area contributed by atoms with Gasteiger partial charge in [-0.05, 0) is 19.1 Å². The fourth-order valence-electron chi connectivity index (χ4n) is 2.04. The quantitative estimate of drug-likeness (QED) is 0.747. The predicted molar refractivity (Wildman–Crippen MR) is 98.8 cm³/mol. The van der Waals surface area contributed by atoms with E-state index in [1.807, 2.05) is 30.5 Å². The lowest BCUT2D eigenvalue weighted by Crippen LogP contribution is -2.11. The van der Waals surface area contributed by atoms with Gasteiger partial charge in [0, 0.05) is 17.0 Å². The molecule has 0 saturated heterocycles. The number of amides is 1. The first-order valence-electron chi connectivity index (χ1n) is 7.51. The highest BCUT2D eigenvalue weighted by molar-refractivity contribution is 7.15. The number of thiazole rings is 2. The monoisotopic (exact) mass is 358 g/mol. The zero-order valence-electron chi connectivity index (χ0n) is 14.0. The lowest BCUT2D eigenvalue weighted by Gasteiger charge is -2.13. The maximum Gasteiger partial charge on any atom is 0.269 e. The van der Waals surface area contributed by atoms with Crippen molar-refractivity contribution in [3.63, 3.8) is 0 Å². The lowest BCUT2D eigenvalue weighted by atomic mass is 9.98. The first-order chi connectivity index (χ1) is 11.3. The van der Waals surface area contributed by atoms with Gasteiger partial charge in [-0.3, -0.25) is 15.1 Å². The van der Waals surface area contributed by atoms with E-state index in [1.54, 1.807) is 6.20 Å². The molecule has 0 atom stereocenters. The number of carbonyl (C=O) groups excluding carboxylic acids is 1. The summed E-state index contributed by atoms with van der Waals surface area (Å²) in [4.78, 5) is 26.4. The highest BCUT2D eigenvalue weighted by atomic mass is 32.1. The first kappa shape index (κ1) is 16.7. The van der Waals surface area contributed by atoms with Crippen molar-refractivity contribution in [1.82, 2.24) is 15.0 Å². The fraction of sp³-hybridized carbons (Fsp3) is 0.294. The minimum Gasteiger partial charge on any atom is -0.297 e. The number of aryl methyl sites for hydroxylation is 1. The average molecular weight is 358 g/mol. The Hall–Kier alpha value is -2.12. The molecule has 0 saturated carbocycles. The van der Waals surface area contributed by atoms with Crippen LogP contribution in [0.3, 0.4) is 0 Å². The van der Waals surface area contributed by atoms with E-state index >= 15 is 0 Å². The number of hydrogen-bond acceptors (Lipinski definition) is 6. The molecule has 0 fully saturated rings. The maximum absolute atomic E-state index is 12.5. The Kier molecular flexibility index (Phi) is 4.47. The number of nitrogens with one attached hydrogen (secondary N) is 1. The molecule has 0 spiro atoms. The second-order valence-electron chi connectivity index (χ2n) is 6.39. The summed E-state index contributed by atoms with van der Waals surface area (Å²) in [7, 11) is 0. The molecule has 24 heavy (non-hydrogen) atoms. The summed E-state index contributed by atoms with van der Waals surface area (Å²) >= 11 is 2.83. The van der Waals surface area contributed by atoms with E-state index in [9.17, 15) is 4.79 Å². The summed E-state index contributed by atoms with van der Waals surface area (Å²) in [5.41, 5.74) is 2.23. The lowest BCUT2D eigenvalue weighted by molar-refractivity contribution is 0.103. The number of anilines is 1.